The van der Waals surface area contributed by atoms with Crippen molar-refractivity contribution in [1.29, 1.82) is 0 Å². The van der Waals surface area contributed by atoms with Crippen LogP contribution >= 0.6 is 11.6 Å². The number of benzene rings is 2. The normalized spacial score (nSPS) is 11.7. The fourth-order valence-electron chi connectivity index (χ4n) is 2.48. The predicted octanol–water partition coefficient (Wildman–Crippen LogP) is 3.78. The van der Waals surface area contributed by atoms with Crippen LogP contribution in [0.2, 0.25) is 5.02 Å². The molecular weight excluding hydrogens is 449 g/mol. The van der Waals surface area contributed by atoms with Crippen LogP contribution in [0.4, 0.5) is 24.5 Å². The minimum atomic E-state index is -4.72. The van der Waals surface area contributed by atoms with Gasteiger partial charge in [0.15, 0.2) is 0 Å². The Morgan fingerprint density at radius 3 is 2.33 bits per heavy atom. The van der Waals surface area contributed by atoms with Gasteiger partial charge in [-0.2, -0.15) is 13.2 Å². The number of carbonyl (C=O) groups excluding carboxylic acids is 1. The molecule has 0 unspecified atom stereocenters. The number of ether oxygens (including phenoxy) is 2. The number of nitrogens with zero attached hydrogens (tertiary/aromatic N) is 1. The smallest absolute Gasteiger partial charge is 0.416 e. The predicted molar refractivity (Wildman–Crippen MR) is 107 cm³/mol. The summed E-state index contributed by atoms with van der Waals surface area (Å²) in [5.74, 6) is -0.124. The van der Waals surface area contributed by atoms with Crippen molar-refractivity contribution in [1.82, 2.24) is 0 Å². The molecule has 0 saturated carbocycles. The van der Waals surface area contributed by atoms with Gasteiger partial charge in [0, 0.05) is 6.07 Å². The molecule has 0 aliphatic heterocycles. The van der Waals surface area contributed by atoms with E-state index in [1.165, 1.54) is 32.4 Å². The SMILES string of the molecule is COc1ccc(NC(=O)CN(c2cc(C(F)(F)F)ccc2Cl)S(C)(=O)=O)c(OC)c1. The maximum Gasteiger partial charge on any atom is 0.416 e. The number of alkyl halides is 3. The molecule has 0 saturated heterocycles. The lowest BCUT2D eigenvalue weighted by Gasteiger charge is -2.24. The Morgan fingerprint density at radius 2 is 1.80 bits per heavy atom. The zero-order valence-corrected chi connectivity index (χ0v) is 17.7. The molecule has 2 aromatic carbocycles. The molecule has 7 nitrogen and oxygen atoms in total. The van der Waals surface area contributed by atoms with Crippen LogP contribution in [-0.2, 0) is 21.0 Å². The van der Waals surface area contributed by atoms with Gasteiger partial charge >= 0.3 is 6.18 Å². The van der Waals surface area contributed by atoms with Crippen LogP contribution in [0.3, 0.4) is 0 Å². The number of amides is 1. The number of methoxy groups -OCH3 is 2. The molecule has 1 amide bonds. The van der Waals surface area contributed by atoms with Crippen LogP contribution in [0.5, 0.6) is 11.5 Å². The van der Waals surface area contributed by atoms with Gasteiger partial charge in [0.25, 0.3) is 0 Å². The Balaban J connectivity index is 2.36. The van der Waals surface area contributed by atoms with Gasteiger partial charge in [-0.15, -0.1) is 0 Å². The number of hydrogen-bond donors (Lipinski definition) is 1. The number of carbonyl (C=O) groups is 1. The molecule has 2 aromatic rings. The summed E-state index contributed by atoms with van der Waals surface area (Å²) in [6.07, 6.45) is -3.97. The molecule has 1 N–H and O–H groups in total. The highest BCUT2D eigenvalue weighted by molar-refractivity contribution is 7.92. The van der Waals surface area contributed by atoms with Gasteiger partial charge < -0.3 is 14.8 Å². The number of sulfonamides is 1. The second kappa shape index (κ2) is 9.00. The lowest BCUT2D eigenvalue weighted by atomic mass is 10.2. The maximum absolute atomic E-state index is 13.0. The van der Waals surface area contributed by atoms with E-state index >= 15 is 0 Å². The summed E-state index contributed by atoms with van der Waals surface area (Å²) in [6, 6.07) is 6.71. The molecule has 0 aliphatic rings. The number of nitrogens with one attached hydrogen (secondary N) is 1. The van der Waals surface area contributed by atoms with Crippen molar-refractivity contribution < 1.29 is 35.9 Å². The van der Waals surface area contributed by atoms with Crippen LogP contribution in [0.1, 0.15) is 5.56 Å². The maximum atomic E-state index is 13.0. The van der Waals surface area contributed by atoms with Gasteiger partial charge in [-0.25, -0.2) is 8.42 Å². The molecule has 164 valence electrons. The largest absolute Gasteiger partial charge is 0.497 e. The Labute approximate surface area is 176 Å². The van der Waals surface area contributed by atoms with E-state index in [0.717, 1.165) is 12.3 Å². The molecule has 2 rings (SSSR count). The summed E-state index contributed by atoms with van der Waals surface area (Å²) in [5.41, 5.74) is -1.36. The second-order valence-corrected chi connectivity index (χ2v) is 8.36. The third-order valence-electron chi connectivity index (χ3n) is 3.91. The number of anilines is 2. The molecule has 0 fully saturated rings. The van der Waals surface area contributed by atoms with Gasteiger partial charge in [-0.1, -0.05) is 11.6 Å². The van der Waals surface area contributed by atoms with Crippen LogP contribution in [0.25, 0.3) is 0 Å². The Morgan fingerprint density at radius 1 is 1.13 bits per heavy atom. The molecule has 0 bridgehead atoms. The third-order valence-corrected chi connectivity index (χ3v) is 5.36. The van der Waals surface area contributed by atoms with E-state index in [-0.39, 0.29) is 16.5 Å². The summed E-state index contributed by atoms with van der Waals surface area (Å²) >= 11 is 5.93. The number of halogens is 4. The minimum Gasteiger partial charge on any atom is -0.497 e. The first-order valence-corrected chi connectivity index (χ1v) is 10.5. The van der Waals surface area contributed by atoms with Crippen LogP contribution in [0, 0.1) is 0 Å². The average molecular weight is 467 g/mol. The van der Waals surface area contributed by atoms with Crippen LogP contribution < -0.4 is 19.1 Å². The first kappa shape index (κ1) is 23.6. The van der Waals surface area contributed by atoms with E-state index in [2.05, 4.69) is 5.32 Å². The Hall–Kier alpha value is -2.66. The van der Waals surface area contributed by atoms with Crippen molar-refractivity contribution in [2.45, 2.75) is 6.18 Å². The highest BCUT2D eigenvalue weighted by atomic mass is 35.5. The van der Waals surface area contributed by atoms with Crippen LogP contribution in [-0.4, -0.2) is 41.3 Å². The summed E-state index contributed by atoms with van der Waals surface area (Å²) in [6.45, 7) is -0.810. The van der Waals surface area contributed by atoms with E-state index in [0.29, 0.717) is 22.2 Å². The molecule has 0 radical (unpaired) electrons. The van der Waals surface area contributed by atoms with E-state index in [1.54, 1.807) is 0 Å². The van der Waals surface area contributed by atoms with Gasteiger partial charge in [-0.05, 0) is 30.3 Å². The first-order chi connectivity index (χ1) is 13.9. The topological polar surface area (TPSA) is 84.9 Å². The quantitative estimate of drug-likeness (QED) is 0.671. The third kappa shape index (κ3) is 5.70. The molecular formula is C18H18ClF3N2O5S. The molecule has 0 aromatic heterocycles. The molecule has 0 heterocycles. The van der Waals surface area contributed by atoms with Crippen molar-refractivity contribution in [3.63, 3.8) is 0 Å². The second-order valence-electron chi connectivity index (χ2n) is 6.05. The number of hydrogen-bond acceptors (Lipinski definition) is 5. The van der Waals surface area contributed by atoms with E-state index in [9.17, 15) is 26.4 Å². The van der Waals surface area contributed by atoms with E-state index in [1.807, 2.05) is 0 Å². The number of rotatable bonds is 7. The summed E-state index contributed by atoms with van der Waals surface area (Å²) in [7, 11) is -1.35. The molecule has 0 atom stereocenters. The van der Waals surface area contributed by atoms with Gasteiger partial charge in [0.05, 0.1) is 42.4 Å². The zero-order valence-electron chi connectivity index (χ0n) is 16.1. The van der Waals surface area contributed by atoms with Crippen molar-refractivity contribution in [3.05, 3.63) is 47.0 Å². The highest BCUT2D eigenvalue weighted by Crippen LogP contribution is 2.36. The lowest BCUT2D eigenvalue weighted by molar-refractivity contribution is -0.137. The fraction of sp³-hybridized carbons (Fsp3) is 0.278. The summed E-state index contributed by atoms with van der Waals surface area (Å²) < 4.78 is 74.2. The molecule has 30 heavy (non-hydrogen) atoms. The lowest BCUT2D eigenvalue weighted by Crippen LogP contribution is -2.37. The van der Waals surface area contributed by atoms with E-state index in [4.69, 9.17) is 21.1 Å². The first-order valence-electron chi connectivity index (χ1n) is 8.23. The van der Waals surface area contributed by atoms with Crippen LogP contribution in [0.15, 0.2) is 36.4 Å². The zero-order chi connectivity index (χ0) is 22.7. The van der Waals surface area contributed by atoms with Crippen molar-refractivity contribution in [2.24, 2.45) is 0 Å². The van der Waals surface area contributed by atoms with Gasteiger partial charge in [-0.3, -0.25) is 9.10 Å². The average Bonchev–Trinajstić information content (AvgIpc) is 2.65. The molecule has 0 spiro atoms. The standard InChI is InChI=1S/C18H18ClF3N2O5S/c1-28-12-5-7-14(16(9-12)29-2)23-17(25)10-24(30(3,26)27)15-8-11(18(20,21)22)4-6-13(15)19/h4-9H,10H2,1-3H3,(H,23,25). The Bertz CT molecular complexity index is 1040. The molecule has 12 heteroatoms. The van der Waals surface area contributed by atoms with Gasteiger partial charge in [0.2, 0.25) is 15.9 Å². The van der Waals surface area contributed by atoms with Gasteiger partial charge in [0.1, 0.15) is 18.0 Å². The van der Waals surface area contributed by atoms with E-state index < -0.39 is 39.9 Å². The Kier molecular flexibility index (Phi) is 7.09. The molecule has 0 aliphatic carbocycles. The summed E-state index contributed by atoms with van der Waals surface area (Å²) in [4.78, 5) is 12.5. The minimum absolute atomic E-state index is 0.215. The summed E-state index contributed by atoms with van der Waals surface area (Å²) in [5, 5.41) is 2.20. The highest BCUT2D eigenvalue weighted by Gasteiger charge is 2.33. The monoisotopic (exact) mass is 466 g/mol. The van der Waals surface area contributed by atoms with Crippen molar-refractivity contribution in [2.75, 3.05) is 36.6 Å². The van der Waals surface area contributed by atoms with Crippen molar-refractivity contribution in [3.8, 4) is 11.5 Å². The fourth-order valence-corrected chi connectivity index (χ4v) is 3.61. The van der Waals surface area contributed by atoms with Crippen molar-refractivity contribution >= 4 is 38.9 Å².